The zero-order valence-corrected chi connectivity index (χ0v) is 12.3. The van der Waals surface area contributed by atoms with Crippen molar-refractivity contribution >= 4 is 11.9 Å². The van der Waals surface area contributed by atoms with Crippen LogP contribution in [0.4, 0.5) is 5.95 Å². The van der Waals surface area contributed by atoms with Gasteiger partial charge in [0.15, 0.2) is 0 Å². The first-order valence-corrected chi connectivity index (χ1v) is 6.32. The van der Waals surface area contributed by atoms with E-state index in [0.717, 1.165) is 11.4 Å². The second-order valence-electron chi connectivity index (χ2n) is 5.69. The molecule has 0 saturated carbocycles. The summed E-state index contributed by atoms with van der Waals surface area (Å²) in [5.41, 5.74) is 1.39. The molecule has 0 radical (unpaired) electrons. The summed E-state index contributed by atoms with van der Waals surface area (Å²) in [4.78, 5) is 24.5. The van der Waals surface area contributed by atoms with Crippen LogP contribution in [-0.4, -0.2) is 31.1 Å². The summed E-state index contributed by atoms with van der Waals surface area (Å²) in [7, 11) is 0. The Hall–Kier alpha value is -2.31. The zero-order valence-electron chi connectivity index (χ0n) is 12.3. The minimum absolute atomic E-state index is 0.0812. The number of rotatable bonds is 2. The maximum atomic E-state index is 12.0. The number of hydrogen-bond donors (Lipinski definition) is 2. The highest BCUT2D eigenvalue weighted by Gasteiger charge is 2.21. The molecule has 0 atom stereocenters. The Bertz CT molecular complexity index is 620. The predicted molar refractivity (Wildman–Crippen MR) is 74.5 cm³/mol. The van der Waals surface area contributed by atoms with Crippen LogP contribution in [-0.2, 0) is 5.41 Å². The maximum Gasteiger partial charge on any atom is 0.297 e. The van der Waals surface area contributed by atoms with Crippen molar-refractivity contribution in [2.24, 2.45) is 0 Å². The number of nitrogens with one attached hydrogen (secondary N) is 2. The molecule has 2 aromatic rings. The van der Waals surface area contributed by atoms with Crippen molar-refractivity contribution in [3.05, 3.63) is 29.1 Å². The Kier molecular flexibility index (Phi) is 3.52. The van der Waals surface area contributed by atoms with Gasteiger partial charge in [-0.3, -0.25) is 15.2 Å². The SMILES string of the molecule is Cc1cc(C)nc(NC(=O)c2n[nH]c(C(C)(C)C)n2)n1. The van der Waals surface area contributed by atoms with E-state index in [2.05, 4.69) is 30.5 Å². The third-order valence-corrected chi connectivity index (χ3v) is 2.61. The molecular formula is C13H18N6O. The van der Waals surface area contributed by atoms with E-state index in [1.807, 2.05) is 40.7 Å². The number of carbonyl (C=O) groups is 1. The van der Waals surface area contributed by atoms with Gasteiger partial charge in [-0.25, -0.2) is 15.0 Å². The number of aromatic nitrogens is 5. The quantitative estimate of drug-likeness (QED) is 0.869. The first-order chi connectivity index (χ1) is 9.25. The number of carbonyl (C=O) groups excluding carboxylic acids is 1. The normalized spacial score (nSPS) is 11.4. The molecule has 0 aliphatic rings. The summed E-state index contributed by atoms with van der Waals surface area (Å²) in [6.45, 7) is 9.65. The van der Waals surface area contributed by atoms with E-state index in [4.69, 9.17) is 0 Å². The van der Waals surface area contributed by atoms with Crippen molar-refractivity contribution in [2.45, 2.75) is 40.0 Å². The zero-order chi connectivity index (χ0) is 14.9. The predicted octanol–water partition coefficient (Wildman–Crippen LogP) is 1.76. The van der Waals surface area contributed by atoms with Crippen LogP contribution in [0.1, 0.15) is 48.6 Å². The highest BCUT2D eigenvalue weighted by Crippen LogP contribution is 2.17. The molecule has 7 nitrogen and oxygen atoms in total. The minimum Gasteiger partial charge on any atom is -0.288 e. The Morgan fingerprint density at radius 2 is 1.75 bits per heavy atom. The third-order valence-electron chi connectivity index (χ3n) is 2.61. The first-order valence-electron chi connectivity index (χ1n) is 6.32. The monoisotopic (exact) mass is 274 g/mol. The molecule has 0 saturated heterocycles. The van der Waals surface area contributed by atoms with Crippen LogP contribution in [0.15, 0.2) is 6.07 Å². The lowest BCUT2D eigenvalue weighted by atomic mass is 9.96. The Balaban J connectivity index is 2.18. The number of anilines is 1. The first kappa shape index (κ1) is 14.1. The van der Waals surface area contributed by atoms with Gasteiger partial charge < -0.3 is 0 Å². The lowest BCUT2D eigenvalue weighted by molar-refractivity contribution is 0.101. The van der Waals surface area contributed by atoms with Crippen LogP contribution in [0.25, 0.3) is 0 Å². The average molecular weight is 274 g/mol. The smallest absolute Gasteiger partial charge is 0.288 e. The summed E-state index contributed by atoms with van der Waals surface area (Å²) < 4.78 is 0. The van der Waals surface area contributed by atoms with Crippen LogP contribution in [0.3, 0.4) is 0 Å². The van der Waals surface area contributed by atoms with Crippen molar-refractivity contribution in [3.8, 4) is 0 Å². The molecule has 0 aromatic carbocycles. The highest BCUT2D eigenvalue weighted by atomic mass is 16.2. The van der Waals surface area contributed by atoms with Gasteiger partial charge in [0.05, 0.1) is 0 Å². The molecule has 0 bridgehead atoms. The molecule has 2 rings (SSSR count). The van der Waals surface area contributed by atoms with E-state index < -0.39 is 5.91 Å². The highest BCUT2D eigenvalue weighted by molar-refractivity contribution is 6.00. The molecule has 106 valence electrons. The van der Waals surface area contributed by atoms with E-state index >= 15 is 0 Å². The lowest BCUT2D eigenvalue weighted by Gasteiger charge is -2.12. The van der Waals surface area contributed by atoms with Crippen LogP contribution in [0.5, 0.6) is 0 Å². The van der Waals surface area contributed by atoms with Crippen LogP contribution >= 0.6 is 0 Å². The number of aromatic amines is 1. The third kappa shape index (κ3) is 3.17. The number of hydrogen-bond acceptors (Lipinski definition) is 5. The van der Waals surface area contributed by atoms with Gasteiger partial charge in [-0.2, -0.15) is 0 Å². The summed E-state index contributed by atoms with van der Waals surface area (Å²) in [6, 6.07) is 1.83. The summed E-state index contributed by atoms with van der Waals surface area (Å²) >= 11 is 0. The second-order valence-corrected chi connectivity index (χ2v) is 5.69. The fraction of sp³-hybridized carbons (Fsp3) is 0.462. The molecule has 2 aromatic heterocycles. The van der Waals surface area contributed by atoms with Crippen LogP contribution in [0.2, 0.25) is 0 Å². The Labute approximate surface area is 117 Å². The van der Waals surface area contributed by atoms with Gasteiger partial charge in [0.1, 0.15) is 5.82 Å². The second kappa shape index (κ2) is 4.99. The Morgan fingerprint density at radius 1 is 1.15 bits per heavy atom. The number of nitrogens with zero attached hydrogens (tertiary/aromatic N) is 4. The van der Waals surface area contributed by atoms with Crippen molar-refractivity contribution in [3.63, 3.8) is 0 Å². The number of amides is 1. The maximum absolute atomic E-state index is 12.0. The molecule has 7 heteroatoms. The summed E-state index contributed by atoms with van der Waals surface area (Å²) in [5, 5.41) is 9.29. The minimum atomic E-state index is -0.429. The van der Waals surface area contributed by atoms with Gasteiger partial charge in [-0.15, -0.1) is 5.10 Å². The van der Waals surface area contributed by atoms with Crippen LogP contribution < -0.4 is 5.32 Å². The van der Waals surface area contributed by atoms with Gasteiger partial charge in [-0.05, 0) is 19.9 Å². The standard InChI is InChI=1S/C13H18N6O/c1-7-6-8(2)15-12(14-7)17-10(20)9-16-11(19-18-9)13(3,4)5/h6H,1-5H3,(H,16,18,19)(H,14,15,17,20). The van der Waals surface area contributed by atoms with Crippen molar-refractivity contribution in [2.75, 3.05) is 5.32 Å². The van der Waals surface area contributed by atoms with Crippen molar-refractivity contribution < 1.29 is 4.79 Å². The van der Waals surface area contributed by atoms with Gasteiger partial charge in [0.25, 0.3) is 5.91 Å². The number of H-pyrrole nitrogens is 1. The summed E-state index contributed by atoms with van der Waals surface area (Å²) in [6.07, 6.45) is 0. The van der Waals surface area contributed by atoms with Gasteiger partial charge in [-0.1, -0.05) is 20.8 Å². The fourth-order valence-electron chi connectivity index (χ4n) is 1.64. The molecule has 2 N–H and O–H groups in total. The largest absolute Gasteiger partial charge is 0.297 e. The molecule has 0 unspecified atom stereocenters. The topological polar surface area (TPSA) is 96.5 Å². The molecular weight excluding hydrogens is 256 g/mol. The molecule has 20 heavy (non-hydrogen) atoms. The molecule has 0 aliphatic carbocycles. The summed E-state index contributed by atoms with van der Waals surface area (Å²) in [5.74, 6) is 0.568. The van der Waals surface area contributed by atoms with Crippen LogP contribution in [0, 0.1) is 13.8 Å². The van der Waals surface area contributed by atoms with E-state index in [-0.39, 0.29) is 17.2 Å². The fourth-order valence-corrected chi connectivity index (χ4v) is 1.64. The molecule has 0 spiro atoms. The van der Waals surface area contributed by atoms with Gasteiger partial charge >= 0.3 is 0 Å². The average Bonchev–Trinajstić information content (AvgIpc) is 2.75. The van der Waals surface area contributed by atoms with E-state index in [0.29, 0.717) is 5.82 Å². The van der Waals surface area contributed by atoms with Crippen molar-refractivity contribution in [1.29, 1.82) is 0 Å². The molecule has 2 heterocycles. The van der Waals surface area contributed by atoms with E-state index in [1.54, 1.807) is 0 Å². The van der Waals surface area contributed by atoms with Crippen molar-refractivity contribution in [1.82, 2.24) is 25.1 Å². The van der Waals surface area contributed by atoms with Gasteiger partial charge in [0, 0.05) is 16.8 Å². The molecule has 1 amide bonds. The number of aryl methyl sites for hydroxylation is 2. The molecule has 0 aliphatic heterocycles. The Morgan fingerprint density at radius 3 is 2.25 bits per heavy atom. The lowest BCUT2D eigenvalue weighted by Crippen LogP contribution is -2.17. The van der Waals surface area contributed by atoms with E-state index in [1.165, 1.54) is 0 Å². The van der Waals surface area contributed by atoms with Gasteiger partial charge in [0.2, 0.25) is 11.8 Å². The molecule has 0 fully saturated rings. The van der Waals surface area contributed by atoms with E-state index in [9.17, 15) is 4.79 Å².